The molecule has 18 heavy (non-hydrogen) atoms. The molecule has 0 bridgehead atoms. The Bertz CT molecular complexity index is 626. The molecule has 0 N–H and O–H groups in total. The number of rotatable bonds is 1. The Morgan fingerprint density at radius 3 is 2.11 bits per heavy atom. The minimum absolute atomic E-state index is 0.985. The van der Waals surface area contributed by atoms with E-state index in [1.165, 1.54) is 0 Å². The molecular weight excluding hydrogens is 216 g/mol. The lowest BCUT2D eigenvalue weighted by atomic mass is 10.2. The second-order valence-electron chi connectivity index (χ2n) is 3.63. The van der Waals surface area contributed by atoms with Crippen LogP contribution in [0.2, 0.25) is 0 Å². The molecular formula is C18H12. The van der Waals surface area contributed by atoms with Gasteiger partial charge in [0, 0.05) is 5.56 Å². The van der Waals surface area contributed by atoms with Gasteiger partial charge in [-0.3, -0.25) is 0 Å². The van der Waals surface area contributed by atoms with Crippen LogP contribution in [0.3, 0.4) is 0 Å². The van der Waals surface area contributed by atoms with E-state index >= 15 is 0 Å². The monoisotopic (exact) mass is 228 g/mol. The van der Waals surface area contributed by atoms with E-state index in [1.54, 1.807) is 0 Å². The molecule has 0 amide bonds. The Morgan fingerprint density at radius 1 is 0.722 bits per heavy atom. The van der Waals surface area contributed by atoms with Gasteiger partial charge in [0.25, 0.3) is 0 Å². The molecule has 0 aromatic heterocycles. The summed E-state index contributed by atoms with van der Waals surface area (Å²) >= 11 is 0. The van der Waals surface area contributed by atoms with Crippen LogP contribution >= 0.6 is 0 Å². The van der Waals surface area contributed by atoms with Crippen molar-refractivity contribution < 1.29 is 0 Å². The molecule has 0 aliphatic rings. The average molecular weight is 228 g/mol. The van der Waals surface area contributed by atoms with Crippen LogP contribution in [-0.4, -0.2) is 0 Å². The minimum atomic E-state index is 0.985. The molecule has 2 aromatic rings. The normalized spacial score (nSPS) is 9.11. The number of allylic oxidation sites excluding steroid dienone is 1. The first kappa shape index (κ1) is 11.8. The highest BCUT2D eigenvalue weighted by atomic mass is 13.8. The molecule has 0 fully saturated rings. The summed E-state index contributed by atoms with van der Waals surface area (Å²) in [4.78, 5) is 0. The van der Waals surface area contributed by atoms with Gasteiger partial charge in [-0.15, -0.1) is 0 Å². The lowest BCUT2D eigenvalue weighted by molar-refractivity contribution is 1.65. The predicted octanol–water partition coefficient (Wildman–Crippen LogP) is 3.75. The summed E-state index contributed by atoms with van der Waals surface area (Å²) in [6.07, 6.45) is 3.78. The van der Waals surface area contributed by atoms with Gasteiger partial charge < -0.3 is 0 Å². The fraction of sp³-hybridized carbons (Fsp3) is 0. The highest BCUT2D eigenvalue weighted by Gasteiger charge is 1.80. The van der Waals surface area contributed by atoms with E-state index in [2.05, 4.69) is 23.7 Å². The van der Waals surface area contributed by atoms with E-state index in [4.69, 9.17) is 0 Å². The molecule has 0 saturated heterocycles. The summed E-state index contributed by atoms with van der Waals surface area (Å²) < 4.78 is 0. The molecule has 0 atom stereocenters. The van der Waals surface area contributed by atoms with Gasteiger partial charge in [0.2, 0.25) is 0 Å². The van der Waals surface area contributed by atoms with Gasteiger partial charge in [-0.2, -0.15) is 0 Å². The summed E-state index contributed by atoms with van der Waals surface area (Å²) in [7, 11) is 0. The molecule has 2 rings (SSSR count). The minimum Gasteiger partial charge on any atom is -0.0622 e. The molecule has 0 nitrogen and oxygen atoms in total. The Hall–Kier alpha value is -2.70. The van der Waals surface area contributed by atoms with Crippen molar-refractivity contribution in [3.8, 4) is 23.7 Å². The van der Waals surface area contributed by atoms with Crippen molar-refractivity contribution in [3.63, 3.8) is 0 Å². The van der Waals surface area contributed by atoms with Crippen LogP contribution in [0.1, 0.15) is 11.1 Å². The van der Waals surface area contributed by atoms with Crippen LogP contribution < -0.4 is 0 Å². The maximum atomic E-state index is 2.99. The lowest BCUT2D eigenvalue weighted by Gasteiger charge is -1.86. The van der Waals surface area contributed by atoms with E-state index in [9.17, 15) is 0 Å². The largest absolute Gasteiger partial charge is 0.0622 e. The van der Waals surface area contributed by atoms with Crippen LogP contribution in [0.25, 0.3) is 6.08 Å². The van der Waals surface area contributed by atoms with Crippen LogP contribution in [0, 0.1) is 23.7 Å². The Kier molecular flexibility index (Phi) is 4.44. The molecule has 84 valence electrons. The first-order valence-corrected chi connectivity index (χ1v) is 5.73. The molecule has 0 aliphatic carbocycles. The summed E-state index contributed by atoms with van der Waals surface area (Å²) in [6.45, 7) is 0. The fourth-order valence-corrected chi connectivity index (χ4v) is 1.40. The molecule has 0 spiro atoms. The summed E-state index contributed by atoms with van der Waals surface area (Å²) in [5.41, 5.74) is 2.13. The maximum Gasteiger partial charge on any atom is 0.0255 e. The van der Waals surface area contributed by atoms with Gasteiger partial charge in [-0.1, -0.05) is 60.4 Å². The standard InChI is InChI=1S/C18H12/c1(5-11-17-13-7-3-8-14-17)2-6-12-18-15-9-4-10-16-18/h3-5,7-11,13-16H/b11-5-. The van der Waals surface area contributed by atoms with E-state index < -0.39 is 0 Å². The van der Waals surface area contributed by atoms with Gasteiger partial charge in [0.1, 0.15) is 0 Å². The first-order chi connectivity index (χ1) is 8.95. The number of benzene rings is 2. The molecule has 2 aromatic carbocycles. The second-order valence-corrected chi connectivity index (χ2v) is 3.63. The summed E-state index contributed by atoms with van der Waals surface area (Å²) in [5.74, 6) is 11.5. The zero-order chi connectivity index (χ0) is 12.5. The summed E-state index contributed by atoms with van der Waals surface area (Å²) in [5, 5.41) is 0. The summed E-state index contributed by atoms with van der Waals surface area (Å²) in [6, 6.07) is 19.9. The molecule has 0 heterocycles. The van der Waals surface area contributed by atoms with Crippen LogP contribution in [-0.2, 0) is 0 Å². The average Bonchev–Trinajstić information content (AvgIpc) is 2.45. The zero-order valence-electron chi connectivity index (χ0n) is 9.93. The predicted molar refractivity (Wildman–Crippen MR) is 76.6 cm³/mol. The highest BCUT2D eigenvalue weighted by Crippen LogP contribution is 1.99. The molecule has 0 heteroatoms. The van der Waals surface area contributed by atoms with Crippen molar-refractivity contribution in [2.45, 2.75) is 0 Å². The number of hydrogen-bond donors (Lipinski definition) is 0. The quantitative estimate of drug-likeness (QED) is 0.652. The number of hydrogen-bond acceptors (Lipinski definition) is 0. The lowest BCUT2D eigenvalue weighted by Crippen LogP contribution is -1.69. The third-order valence-electron chi connectivity index (χ3n) is 2.27. The van der Waals surface area contributed by atoms with E-state index in [-0.39, 0.29) is 0 Å². The molecule has 0 aliphatic heterocycles. The van der Waals surface area contributed by atoms with Crippen molar-refractivity contribution in [2.24, 2.45) is 0 Å². The van der Waals surface area contributed by atoms with Crippen molar-refractivity contribution in [2.75, 3.05) is 0 Å². The fourth-order valence-electron chi connectivity index (χ4n) is 1.40. The van der Waals surface area contributed by atoms with Crippen molar-refractivity contribution in [1.82, 2.24) is 0 Å². The SMILES string of the molecule is C(C#Cc1ccccc1)#C/C=C\c1ccccc1. The first-order valence-electron chi connectivity index (χ1n) is 5.73. The zero-order valence-corrected chi connectivity index (χ0v) is 9.93. The van der Waals surface area contributed by atoms with Gasteiger partial charge in [0.05, 0.1) is 0 Å². The third-order valence-corrected chi connectivity index (χ3v) is 2.27. The van der Waals surface area contributed by atoms with Gasteiger partial charge in [-0.25, -0.2) is 0 Å². The van der Waals surface area contributed by atoms with Crippen molar-refractivity contribution in [1.29, 1.82) is 0 Å². The third kappa shape index (κ3) is 4.05. The van der Waals surface area contributed by atoms with E-state index in [1.807, 2.05) is 72.8 Å². The Morgan fingerprint density at radius 2 is 1.39 bits per heavy atom. The van der Waals surface area contributed by atoms with Crippen molar-refractivity contribution in [3.05, 3.63) is 77.9 Å². The highest BCUT2D eigenvalue weighted by molar-refractivity contribution is 5.53. The van der Waals surface area contributed by atoms with Crippen LogP contribution in [0.15, 0.2) is 66.7 Å². The van der Waals surface area contributed by atoms with Gasteiger partial charge >= 0.3 is 0 Å². The van der Waals surface area contributed by atoms with Gasteiger partial charge in [0.15, 0.2) is 0 Å². The Balaban J connectivity index is 1.95. The molecule has 0 unspecified atom stereocenters. The topological polar surface area (TPSA) is 0 Å². The van der Waals surface area contributed by atoms with Crippen molar-refractivity contribution >= 4 is 6.08 Å². The van der Waals surface area contributed by atoms with E-state index in [0.717, 1.165) is 11.1 Å². The van der Waals surface area contributed by atoms with Gasteiger partial charge in [-0.05, 0) is 41.7 Å². The Labute approximate surface area is 108 Å². The smallest absolute Gasteiger partial charge is 0.0255 e. The molecule has 0 saturated carbocycles. The maximum absolute atomic E-state index is 2.99. The van der Waals surface area contributed by atoms with E-state index in [0.29, 0.717) is 0 Å². The van der Waals surface area contributed by atoms with Crippen LogP contribution in [0.5, 0.6) is 0 Å². The second kappa shape index (κ2) is 6.79. The van der Waals surface area contributed by atoms with Crippen LogP contribution in [0.4, 0.5) is 0 Å². The molecule has 0 radical (unpaired) electrons.